The number of nitrogens with one attached hydrogen (secondary N) is 1. The van der Waals surface area contributed by atoms with Crippen molar-refractivity contribution in [3.63, 3.8) is 0 Å². The Hall–Kier alpha value is -1.79. The van der Waals surface area contributed by atoms with E-state index in [1.807, 2.05) is 28.0 Å². The van der Waals surface area contributed by atoms with Crippen LogP contribution in [-0.2, 0) is 6.42 Å². The molecule has 0 bridgehead atoms. The maximum atomic E-state index is 4.29. The van der Waals surface area contributed by atoms with Gasteiger partial charge in [-0.25, -0.2) is 4.98 Å². The zero-order chi connectivity index (χ0) is 11.9. The van der Waals surface area contributed by atoms with Gasteiger partial charge in [0.05, 0.1) is 6.04 Å². The number of thiophene rings is 1. The molecule has 5 nitrogen and oxygen atoms in total. The quantitative estimate of drug-likeness (QED) is 0.716. The highest BCUT2D eigenvalue weighted by atomic mass is 32.1. The zero-order valence-corrected chi connectivity index (χ0v) is 10.4. The lowest BCUT2D eigenvalue weighted by atomic mass is 10.0. The molecule has 1 aliphatic rings. The van der Waals surface area contributed by atoms with Crippen LogP contribution in [-0.4, -0.2) is 26.1 Å². The number of hydrogen-bond acceptors (Lipinski definition) is 5. The third-order valence-electron chi connectivity index (χ3n) is 3.27. The molecule has 0 spiro atoms. The molecule has 1 atom stereocenters. The van der Waals surface area contributed by atoms with Crippen LogP contribution in [0.5, 0.6) is 0 Å². The van der Waals surface area contributed by atoms with Crippen LogP contribution < -0.4 is 5.32 Å². The summed E-state index contributed by atoms with van der Waals surface area (Å²) in [5, 5.41) is 14.1. The molecule has 6 heteroatoms. The average molecular weight is 257 g/mol. The summed E-state index contributed by atoms with van der Waals surface area (Å²) in [6.07, 6.45) is 4.79. The Balaban J connectivity index is 1.90. The summed E-state index contributed by atoms with van der Waals surface area (Å²) < 4.78 is 1.95. The maximum absolute atomic E-state index is 4.29. The van der Waals surface area contributed by atoms with Gasteiger partial charge in [0.1, 0.15) is 0 Å². The summed E-state index contributed by atoms with van der Waals surface area (Å²) in [6, 6.07) is 4.20. The fraction of sp³-hybridized carbons (Fsp3) is 0.250. The first kappa shape index (κ1) is 10.2. The third kappa shape index (κ3) is 1.39. The molecular weight excluding hydrogens is 246 g/mol. The molecule has 4 rings (SSSR count). The second-order valence-corrected chi connectivity index (χ2v) is 5.28. The molecule has 0 saturated heterocycles. The van der Waals surface area contributed by atoms with Crippen molar-refractivity contribution < 1.29 is 0 Å². The summed E-state index contributed by atoms with van der Waals surface area (Å²) in [7, 11) is 0. The minimum atomic E-state index is 0.124. The van der Waals surface area contributed by atoms with Crippen molar-refractivity contribution in [2.45, 2.75) is 12.5 Å². The highest BCUT2D eigenvalue weighted by molar-refractivity contribution is 7.10. The number of nitrogens with zero attached hydrogens (tertiary/aromatic N) is 4. The van der Waals surface area contributed by atoms with E-state index >= 15 is 0 Å². The predicted octanol–water partition coefficient (Wildman–Crippen LogP) is 1.42. The SMILES string of the molecule is c1cnc2nnc(C3NCCc4sccc43)n2c1. The summed E-state index contributed by atoms with van der Waals surface area (Å²) in [6.45, 7) is 0.980. The minimum absolute atomic E-state index is 0.124. The van der Waals surface area contributed by atoms with E-state index in [0.717, 1.165) is 18.8 Å². The first-order chi connectivity index (χ1) is 8.93. The summed E-state index contributed by atoms with van der Waals surface area (Å²) >= 11 is 1.82. The van der Waals surface area contributed by atoms with Crippen LogP contribution in [0.1, 0.15) is 22.3 Å². The normalized spacial score (nSPS) is 19.0. The Labute approximate surface area is 108 Å². The molecule has 0 fully saturated rings. The molecular formula is C12H11N5S. The van der Waals surface area contributed by atoms with Gasteiger partial charge in [0.2, 0.25) is 0 Å². The lowest BCUT2D eigenvalue weighted by molar-refractivity contribution is 0.545. The average Bonchev–Trinajstić information content (AvgIpc) is 3.05. The summed E-state index contributed by atoms with van der Waals surface area (Å²) in [5.41, 5.74) is 1.32. The Bertz CT molecular complexity index is 701. The number of aromatic nitrogens is 4. The van der Waals surface area contributed by atoms with Crippen molar-refractivity contribution in [1.82, 2.24) is 24.9 Å². The summed E-state index contributed by atoms with van der Waals surface area (Å²) in [5.74, 6) is 1.56. The van der Waals surface area contributed by atoms with E-state index in [1.165, 1.54) is 10.4 Å². The Kier molecular flexibility index (Phi) is 2.18. The van der Waals surface area contributed by atoms with Gasteiger partial charge in [-0.15, -0.1) is 21.5 Å². The van der Waals surface area contributed by atoms with Gasteiger partial charge in [0.25, 0.3) is 5.78 Å². The van der Waals surface area contributed by atoms with E-state index in [9.17, 15) is 0 Å². The van der Waals surface area contributed by atoms with Crippen LogP contribution in [0.3, 0.4) is 0 Å². The molecule has 0 aromatic carbocycles. The van der Waals surface area contributed by atoms with Crippen molar-refractivity contribution in [2.75, 3.05) is 6.54 Å². The topological polar surface area (TPSA) is 55.1 Å². The molecule has 0 saturated carbocycles. The van der Waals surface area contributed by atoms with Crippen molar-refractivity contribution in [3.05, 3.63) is 46.2 Å². The van der Waals surface area contributed by atoms with Gasteiger partial charge in [-0.1, -0.05) is 0 Å². The van der Waals surface area contributed by atoms with Gasteiger partial charge in [0, 0.05) is 23.8 Å². The molecule has 90 valence electrons. The molecule has 18 heavy (non-hydrogen) atoms. The van der Waals surface area contributed by atoms with Crippen molar-refractivity contribution in [2.24, 2.45) is 0 Å². The second-order valence-electron chi connectivity index (χ2n) is 4.28. The van der Waals surface area contributed by atoms with Crippen LogP contribution in [0.25, 0.3) is 5.78 Å². The molecule has 1 unspecified atom stereocenters. The van der Waals surface area contributed by atoms with E-state index in [0.29, 0.717) is 5.78 Å². The van der Waals surface area contributed by atoms with Gasteiger partial charge in [-0.2, -0.15) is 0 Å². The van der Waals surface area contributed by atoms with Crippen molar-refractivity contribution in [1.29, 1.82) is 0 Å². The minimum Gasteiger partial charge on any atom is -0.303 e. The molecule has 3 aromatic heterocycles. The third-order valence-corrected chi connectivity index (χ3v) is 4.26. The lowest BCUT2D eigenvalue weighted by Crippen LogP contribution is -2.30. The first-order valence-corrected chi connectivity index (χ1v) is 6.77. The van der Waals surface area contributed by atoms with Gasteiger partial charge in [-0.05, 0) is 29.5 Å². The maximum Gasteiger partial charge on any atom is 0.255 e. The van der Waals surface area contributed by atoms with Crippen LogP contribution in [0.4, 0.5) is 0 Å². The molecule has 1 N–H and O–H groups in total. The van der Waals surface area contributed by atoms with E-state index in [-0.39, 0.29) is 6.04 Å². The Morgan fingerprint density at radius 2 is 2.39 bits per heavy atom. The molecule has 0 aliphatic carbocycles. The molecule has 0 radical (unpaired) electrons. The second kappa shape index (κ2) is 3.86. The zero-order valence-electron chi connectivity index (χ0n) is 9.58. The first-order valence-electron chi connectivity index (χ1n) is 5.89. The van der Waals surface area contributed by atoms with Gasteiger partial charge >= 0.3 is 0 Å². The monoisotopic (exact) mass is 257 g/mol. The Morgan fingerprint density at radius 1 is 1.39 bits per heavy atom. The van der Waals surface area contributed by atoms with E-state index < -0.39 is 0 Å². The van der Waals surface area contributed by atoms with Gasteiger partial charge < -0.3 is 5.32 Å². The Morgan fingerprint density at radius 3 is 3.39 bits per heavy atom. The number of rotatable bonds is 1. The molecule has 4 heterocycles. The van der Waals surface area contributed by atoms with Gasteiger partial charge in [0.15, 0.2) is 5.82 Å². The largest absolute Gasteiger partial charge is 0.303 e. The van der Waals surface area contributed by atoms with Crippen LogP contribution >= 0.6 is 11.3 Å². The lowest BCUT2D eigenvalue weighted by Gasteiger charge is -2.22. The molecule has 0 amide bonds. The molecule has 3 aromatic rings. The highest BCUT2D eigenvalue weighted by Gasteiger charge is 2.26. The standard InChI is InChI=1S/C12H11N5S/c1-4-14-12-16-15-11(17(12)6-1)10-8-3-7-18-9(8)2-5-13-10/h1,3-4,6-7,10,13H,2,5H2. The number of fused-ring (bicyclic) bond motifs is 2. The van der Waals surface area contributed by atoms with E-state index in [2.05, 4.69) is 31.9 Å². The fourth-order valence-electron chi connectivity index (χ4n) is 2.44. The molecule has 1 aliphatic heterocycles. The van der Waals surface area contributed by atoms with Gasteiger partial charge in [-0.3, -0.25) is 4.40 Å². The van der Waals surface area contributed by atoms with Crippen molar-refractivity contribution in [3.8, 4) is 0 Å². The number of hydrogen-bond donors (Lipinski definition) is 1. The predicted molar refractivity (Wildman–Crippen MR) is 68.7 cm³/mol. The summed E-state index contributed by atoms with van der Waals surface area (Å²) in [4.78, 5) is 5.65. The fourth-order valence-corrected chi connectivity index (χ4v) is 3.36. The van der Waals surface area contributed by atoms with E-state index in [4.69, 9.17) is 0 Å². The van der Waals surface area contributed by atoms with Crippen LogP contribution in [0, 0.1) is 0 Å². The van der Waals surface area contributed by atoms with Crippen LogP contribution in [0.2, 0.25) is 0 Å². The van der Waals surface area contributed by atoms with E-state index in [1.54, 1.807) is 6.20 Å². The highest BCUT2D eigenvalue weighted by Crippen LogP contribution is 2.31. The van der Waals surface area contributed by atoms with Crippen LogP contribution in [0.15, 0.2) is 29.9 Å². The van der Waals surface area contributed by atoms with Crippen molar-refractivity contribution >= 4 is 17.1 Å². The smallest absolute Gasteiger partial charge is 0.255 e.